The molecule has 0 aliphatic carbocycles. The fourth-order valence-corrected chi connectivity index (χ4v) is 4.58. The highest BCUT2D eigenvalue weighted by Crippen LogP contribution is 2.35. The lowest BCUT2D eigenvalue weighted by Crippen LogP contribution is -2.55. The van der Waals surface area contributed by atoms with Gasteiger partial charge in [-0.05, 0) is 49.5 Å². The van der Waals surface area contributed by atoms with Crippen molar-refractivity contribution in [1.29, 1.82) is 0 Å². The van der Waals surface area contributed by atoms with E-state index in [0.717, 1.165) is 13.1 Å². The molecule has 3 atom stereocenters. The topological polar surface area (TPSA) is 28.2 Å². The Morgan fingerprint density at radius 2 is 1.96 bits per heavy atom. The number of hydrogen-bond acceptors (Lipinski definition) is 3. The average molecular weight is 321 g/mol. The number of pyridine rings is 1. The zero-order valence-electron chi connectivity index (χ0n) is 14.3. The van der Waals surface area contributed by atoms with Gasteiger partial charge in [-0.15, -0.1) is 0 Å². The molecule has 3 heterocycles. The summed E-state index contributed by atoms with van der Waals surface area (Å²) in [6.45, 7) is 3.35. The fourth-order valence-electron chi connectivity index (χ4n) is 4.58. The van der Waals surface area contributed by atoms with Gasteiger partial charge in [-0.1, -0.05) is 42.8 Å². The van der Waals surface area contributed by atoms with E-state index in [-0.39, 0.29) is 0 Å². The first-order chi connectivity index (χ1) is 11.9. The molecule has 0 spiro atoms. The van der Waals surface area contributed by atoms with Crippen molar-refractivity contribution in [2.45, 2.75) is 50.2 Å². The Morgan fingerprint density at radius 1 is 1.04 bits per heavy atom. The summed E-state index contributed by atoms with van der Waals surface area (Å²) in [6, 6.07) is 16.6. The Balaban J connectivity index is 1.63. The Hall–Kier alpha value is -1.71. The van der Waals surface area contributed by atoms with Crippen molar-refractivity contribution in [3.8, 4) is 0 Å². The first-order valence-corrected chi connectivity index (χ1v) is 9.33. The van der Waals surface area contributed by atoms with E-state index in [0.29, 0.717) is 18.0 Å². The number of rotatable bonds is 3. The molecule has 0 saturated carbocycles. The lowest BCUT2D eigenvalue weighted by molar-refractivity contribution is 0.112. The van der Waals surface area contributed by atoms with Crippen LogP contribution in [0.1, 0.15) is 42.7 Å². The van der Waals surface area contributed by atoms with Crippen molar-refractivity contribution < 1.29 is 0 Å². The van der Waals surface area contributed by atoms with Crippen LogP contribution in [0.4, 0.5) is 0 Å². The largest absolute Gasteiger partial charge is 0.312 e. The van der Waals surface area contributed by atoms with Gasteiger partial charge in [0, 0.05) is 36.9 Å². The predicted molar refractivity (Wildman–Crippen MR) is 97.9 cm³/mol. The van der Waals surface area contributed by atoms with Gasteiger partial charge in [0.25, 0.3) is 0 Å². The highest BCUT2D eigenvalue weighted by molar-refractivity contribution is 5.24. The molecule has 24 heavy (non-hydrogen) atoms. The van der Waals surface area contributed by atoms with E-state index in [1.54, 1.807) is 0 Å². The lowest BCUT2D eigenvalue weighted by Gasteiger charge is -2.44. The fraction of sp³-hybridized carbons (Fsp3) is 0.476. The number of fused-ring (bicyclic) bond motifs is 1. The SMILES string of the molecule is c1ccc([C@H]2CCN[C@@H]3CCCCN(Cc4cccnc4)[C@H]23)cc1. The molecule has 0 bridgehead atoms. The van der Waals surface area contributed by atoms with E-state index in [4.69, 9.17) is 0 Å². The molecule has 2 aromatic rings. The van der Waals surface area contributed by atoms with Gasteiger partial charge in [-0.25, -0.2) is 0 Å². The van der Waals surface area contributed by atoms with Crippen LogP contribution in [0.2, 0.25) is 0 Å². The van der Waals surface area contributed by atoms with Gasteiger partial charge >= 0.3 is 0 Å². The van der Waals surface area contributed by atoms with Gasteiger partial charge in [0.15, 0.2) is 0 Å². The third-order valence-electron chi connectivity index (χ3n) is 5.65. The quantitative estimate of drug-likeness (QED) is 0.936. The summed E-state index contributed by atoms with van der Waals surface area (Å²) in [5.41, 5.74) is 2.84. The van der Waals surface area contributed by atoms with Gasteiger partial charge in [-0.3, -0.25) is 9.88 Å². The second-order valence-electron chi connectivity index (χ2n) is 7.18. The molecule has 2 saturated heterocycles. The van der Waals surface area contributed by atoms with E-state index in [2.05, 4.69) is 57.7 Å². The molecule has 1 aromatic heterocycles. The minimum atomic E-state index is 0.587. The summed E-state index contributed by atoms with van der Waals surface area (Å²) in [6.07, 6.45) is 9.05. The van der Waals surface area contributed by atoms with Crippen LogP contribution in [0.3, 0.4) is 0 Å². The van der Waals surface area contributed by atoms with E-state index >= 15 is 0 Å². The first kappa shape index (κ1) is 15.8. The van der Waals surface area contributed by atoms with E-state index in [1.165, 1.54) is 43.4 Å². The third kappa shape index (κ3) is 3.38. The summed E-state index contributed by atoms with van der Waals surface area (Å²) in [7, 11) is 0. The Labute approximate surface area is 145 Å². The second kappa shape index (κ2) is 7.45. The van der Waals surface area contributed by atoms with Crippen molar-refractivity contribution in [2.24, 2.45) is 0 Å². The molecule has 0 unspecified atom stereocenters. The number of aromatic nitrogens is 1. The van der Waals surface area contributed by atoms with Gasteiger partial charge in [-0.2, -0.15) is 0 Å². The minimum absolute atomic E-state index is 0.587. The maximum atomic E-state index is 4.31. The van der Waals surface area contributed by atoms with Crippen LogP contribution in [0.5, 0.6) is 0 Å². The highest BCUT2D eigenvalue weighted by atomic mass is 15.2. The number of hydrogen-bond donors (Lipinski definition) is 1. The third-order valence-corrected chi connectivity index (χ3v) is 5.65. The standard InChI is InChI=1S/C21H27N3/c1-2-8-18(9-3-1)19-11-13-23-20-10-4-5-14-24(21(19)20)16-17-7-6-12-22-15-17/h1-3,6-9,12,15,19-21,23H,4-5,10-11,13-14,16H2/t19-,20-,21-/m1/s1. The second-order valence-corrected chi connectivity index (χ2v) is 7.18. The Morgan fingerprint density at radius 3 is 2.79 bits per heavy atom. The van der Waals surface area contributed by atoms with E-state index < -0.39 is 0 Å². The van der Waals surface area contributed by atoms with Gasteiger partial charge in [0.05, 0.1) is 0 Å². The number of benzene rings is 1. The van der Waals surface area contributed by atoms with Gasteiger partial charge in [0.2, 0.25) is 0 Å². The van der Waals surface area contributed by atoms with Gasteiger partial charge in [0.1, 0.15) is 0 Å². The molecule has 1 aromatic carbocycles. The van der Waals surface area contributed by atoms with Crippen LogP contribution in [0.25, 0.3) is 0 Å². The molecule has 3 nitrogen and oxygen atoms in total. The van der Waals surface area contributed by atoms with Crippen LogP contribution in [-0.4, -0.2) is 35.1 Å². The molecular weight excluding hydrogens is 294 g/mol. The van der Waals surface area contributed by atoms with Gasteiger partial charge < -0.3 is 5.32 Å². The molecule has 0 radical (unpaired) electrons. The zero-order chi connectivity index (χ0) is 16.2. The number of likely N-dealkylation sites (tertiary alicyclic amines) is 1. The summed E-state index contributed by atoms with van der Waals surface area (Å²) >= 11 is 0. The van der Waals surface area contributed by atoms with Crippen LogP contribution in [-0.2, 0) is 6.54 Å². The van der Waals surface area contributed by atoms with Crippen molar-refractivity contribution in [3.63, 3.8) is 0 Å². The average Bonchev–Trinajstić information content (AvgIpc) is 2.86. The predicted octanol–water partition coefficient (Wildman–Crippen LogP) is 3.58. The van der Waals surface area contributed by atoms with Crippen molar-refractivity contribution in [2.75, 3.05) is 13.1 Å². The van der Waals surface area contributed by atoms with E-state index in [1.807, 2.05) is 12.4 Å². The molecule has 126 valence electrons. The molecular formula is C21H27N3. The number of nitrogens with one attached hydrogen (secondary N) is 1. The maximum Gasteiger partial charge on any atom is 0.0321 e. The Bertz CT molecular complexity index is 628. The summed E-state index contributed by atoms with van der Waals surface area (Å²) in [4.78, 5) is 7.03. The van der Waals surface area contributed by atoms with Crippen LogP contribution in [0.15, 0.2) is 54.9 Å². The van der Waals surface area contributed by atoms with Crippen molar-refractivity contribution in [3.05, 3.63) is 66.0 Å². The summed E-state index contributed by atoms with van der Waals surface area (Å²) in [5.74, 6) is 0.632. The molecule has 3 heteroatoms. The normalized spacial score (nSPS) is 28.1. The van der Waals surface area contributed by atoms with Crippen molar-refractivity contribution >= 4 is 0 Å². The molecule has 2 aliphatic rings. The highest BCUT2D eigenvalue weighted by Gasteiger charge is 2.38. The molecule has 0 amide bonds. The maximum absolute atomic E-state index is 4.31. The molecule has 4 rings (SSSR count). The Kier molecular flexibility index (Phi) is 4.91. The van der Waals surface area contributed by atoms with Crippen LogP contribution in [0, 0.1) is 0 Å². The summed E-state index contributed by atoms with van der Waals surface area (Å²) < 4.78 is 0. The molecule has 1 N–H and O–H groups in total. The number of nitrogens with zero attached hydrogens (tertiary/aromatic N) is 2. The first-order valence-electron chi connectivity index (χ1n) is 9.33. The smallest absolute Gasteiger partial charge is 0.0321 e. The lowest BCUT2D eigenvalue weighted by atomic mass is 9.80. The monoisotopic (exact) mass is 321 g/mol. The molecule has 2 aliphatic heterocycles. The molecule has 2 fully saturated rings. The minimum Gasteiger partial charge on any atom is -0.312 e. The summed E-state index contributed by atoms with van der Waals surface area (Å²) in [5, 5.41) is 3.82. The zero-order valence-corrected chi connectivity index (χ0v) is 14.3. The van der Waals surface area contributed by atoms with Crippen molar-refractivity contribution in [1.82, 2.24) is 15.2 Å². The van der Waals surface area contributed by atoms with Crippen LogP contribution >= 0.6 is 0 Å². The van der Waals surface area contributed by atoms with E-state index in [9.17, 15) is 0 Å². The van der Waals surface area contributed by atoms with Crippen LogP contribution < -0.4 is 5.32 Å². The number of piperidine rings is 1.